The fraction of sp³-hybridized carbons (Fsp3) is 0.450. The van der Waals surface area contributed by atoms with Gasteiger partial charge in [0, 0.05) is 19.7 Å². The van der Waals surface area contributed by atoms with Gasteiger partial charge in [0.2, 0.25) is 16.0 Å². The summed E-state index contributed by atoms with van der Waals surface area (Å²) in [7, 11) is -2.40. The Morgan fingerprint density at radius 1 is 1.29 bits per heavy atom. The molecule has 4 rings (SSSR count). The third kappa shape index (κ3) is 4.77. The Kier molecular flexibility index (Phi) is 6.88. The first-order chi connectivity index (χ1) is 16.3. The summed E-state index contributed by atoms with van der Waals surface area (Å²) in [6, 6.07) is 1.26. The molecule has 3 aromatic rings. The lowest BCUT2D eigenvalue weighted by Crippen LogP contribution is -2.30. The fourth-order valence-electron chi connectivity index (χ4n) is 3.48. The predicted molar refractivity (Wildman–Crippen MR) is 119 cm³/mol. The smallest absolute Gasteiger partial charge is 0.257 e. The zero-order valence-corrected chi connectivity index (χ0v) is 19.6. The highest BCUT2D eigenvalue weighted by Crippen LogP contribution is 2.40. The maximum Gasteiger partial charge on any atom is 0.257 e. The Labute approximate surface area is 195 Å². The second kappa shape index (κ2) is 9.85. The highest BCUT2D eigenvalue weighted by atomic mass is 32.2. The quantitative estimate of drug-likeness (QED) is 0.467. The molecule has 0 bridgehead atoms. The number of ether oxygens (including phenoxy) is 3. The van der Waals surface area contributed by atoms with Crippen molar-refractivity contribution in [1.82, 2.24) is 29.7 Å². The lowest BCUT2D eigenvalue weighted by Gasteiger charge is -2.20. The van der Waals surface area contributed by atoms with Crippen LogP contribution in [0.25, 0.3) is 11.4 Å². The van der Waals surface area contributed by atoms with Gasteiger partial charge in [0.1, 0.15) is 12.4 Å². The van der Waals surface area contributed by atoms with Crippen LogP contribution in [0.5, 0.6) is 11.6 Å². The largest absolute Gasteiger partial charge is 0.485 e. The van der Waals surface area contributed by atoms with Crippen LogP contribution in [0.2, 0.25) is 0 Å². The molecule has 0 spiro atoms. The number of aromatic nitrogens is 6. The Bertz CT molecular complexity index is 1250. The van der Waals surface area contributed by atoms with Crippen LogP contribution in [-0.2, 0) is 21.2 Å². The van der Waals surface area contributed by atoms with Gasteiger partial charge in [-0.2, -0.15) is 0 Å². The third-order valence-corrected chi connectivity index (χ3v) is 6.83. The molecule has 182 valence electrons. The van der Waals surface area contributed by atoms with E-state index in [0.29, 0.717) is 29.6 Å². The van der Waals surface area contributed by atoms with Crippen molar-refractivity contribution in [3.05, 3.63) is 36.3 Å². The summed E-state index contributed by atoms with van der Waals surface area (Å²) >= 11 is 0. The number of nitrogens with one attached hydrogen (secondary N) is 1. The molecule has 2 atom stereocenters. The molecule has 12 nitrogen and oxygen atoms in total. The molecule has 34 heavy (non-hydrogen) atoms. The van der Waals surface area contributed by atoms with Crippen LogP contribution in [0.1, 0.15) is 25.7 Å². The summed E-state index contributed by atoms with van der Waals surface area (Å²) in [5.74, 6) is 0.698. The van der Waals surface area contributed by atoms with Gasteiger partial charge in [-0.1, -0.05) is 0 Å². The summed E-state index contributed by atoms with van der Waals surface area (Å²) in [4.78, 5) is 11.9. The molecule has 0 radical (unpaired) electrons. The van der Waals surface area contributed by atoms with Crippen molar-refractivity contribution in [2.75, 3.05) is 31.7 Å². The van der Waals surface area contributed by atoms with Crippen LogP contribution in [0.3, 0.4) is 0 Å². The van der Waals surface area contributed by atoms with Crippen molar-refractivity contribution in [2.45, 2.75) is 31.6 Å². The van der Waals surface area contributed by atoms with E-state index in [4.69, 9.17) is 14.2 Å². The van der Waals surface area contributed by atoms with E-state index in [-0.39, 0.29) is 31.4 Å². The SMILES string of the molecule is CCOc1nccc2c1OC[C@@H](COC)n1c(NS(=O)(=O)C(C)Cc3ncc(F)cn3)nnc1-2. The van der Waals surface area contributed by atoms with E-state index in [2.05, 4.69) is 29.9 Å². The van der Waals surface area contributed by atoms with Crippen LogP contribution >= 0.6 is 0 Å². The number of nitrogens with zero attached hydrogens (tertiary/aromatic N) is 6. The number of halogens is 1. The van der Waals surface area contributed by atoms with Crippen molar-refractivity contribution < 1.29 is 27.0 Å². The Balaban J connectivity index is 1.68. The first-order valence-electron chi connectivity index (χ1n) is 10.5. The molecule has 4 heterocycles. The zero-order valence-electron chi connectivity index (χ0n) is 18.8. The summed E-state index contributed by atoms with van der Waals surface area (Å²) in [5, 5.41) is 7.40. The van der Waals surface area contributed by atoms with E-state index in [1.165, 1.54) is 14.0 Å². The van der Waals surface area contributed by atoms with Crippen molar-refractivity contribution in [3.63, 3.8) is 0 Å². The van der Waals surface area contributed by atoms with Crippen LogP contribution in [0, 0.1) is 5.82 Å². The third-order valence-electron chi connectivity index (χ3n) is 5.14. The monoisotopic (exact) mass is 493 g/mol. The molecule has 1 aliphatic heterocycles. The number of hydrogen-bond donors (Lipinski definition) is 1. The van der Waals surface area contributed by atoms with Crippen LogP contribution in [-0.4, -0.2) is 70.3 Å². The number of fused-ring (bicyclic) bond motifs is 3. The van der Waals surface area contributed by atoms with Gasteiger partial charge in [-0.05, 0) is 19.9 Å². The minimum absolute atomic E-state index is 0.00940. The minimum Gasteiger partial charge on any atom is -0.485 e. The summed E-state index contributed by atoms with van der Waals surface area (Å²) in [5.41, 5.74) is 0.558. The zero-order chi connectivity index (χ0) is 24.3. The van der Waals surface area contributed by atoms with Gasteiger partial charge in [-0.25, -0.2) is 27.8 Å². The second-order valence-electron chi connectivity index (χ2n) is 7.54. The summed E-state index contributed by atoms with van der Waals surface area (Å²) in [6.45, 7) is 4.08. The molecule has 0 aliphatic carbocycles. The van der Waals surface area contributed by atoms with Crippen molar-refractivity contribution >= 4 is 16.0 Å². The van der Waals surface area contributed by atoms with Gasteiger partial charge in [-0.3, -0.25) is 9.29 Å². The van der Waals surface area contributed by atoms with Crippen molar-refractivity contribution in [2.24, 2.45) is 0 Å². The number of pyridine rings is 1. The van der Waals surface area contributed by atoms with E-state index in [0.717, 1.165) is 12.4 Å². The van der Waals surface area contributed by atoms with E-state index in [1.54, 1.807) is 16.8 Å². The first-order valence-corrected chi connectivity index (χ1v) is 12.1. The molecule has 3 aromatic heterocycles. The van der Waals surface area contributed by atoms with E-state index in [9.17, 15) is 12.8 Å². The lowest BCUT2D eigenvalue weighted by atomic mass is 10.2. The Morgan fingerprint density at radius 2 is 2.06 bits per heavy atom. The maximum atomic E-state index is 13.1. The topological polar surface area (TPSA) is 143 Å². The molecule has 0 aromatic carbocycles. The van der Waals surface area contributed by atoms with Gasteiger partial charge in [-0.15, -0.1) is 10.2 Å². The first kappa shape index (κ1) is 23.8. The van der Waals surface area contributed by atoms with Gasteiger partial charge in [0.25, 0.3) is 5.88 Å². The highest BCUT2D eigenvalue weighted by Gasteiger charge is 2.32. The van der Waals surface area contributed by atoms with Crippen molar-refractivity contribution in [1.29, 1.82) is 0 Å². The number of rotatable bonds is 9. The summed E-state index contributed by atoms with van der Waals surface area (Å²) < 4.78 is 60.3. The predicted octanol–water partition coefficient (Wildman–Crippen LogP) is 1.62. The fourth-order valence-corrected chi connectivity index (χ4v) is 4.45. The summed E-state index contributed by atoms with van der Waals surface area (Å²) in [6.07, 6.45) is 3.52. The van der Waals surface area contributed by atoms with Crippen LogP contribution < -0.4 is 14.2 Å². The number of hydrogen-bond acceptors (Lipinski definition) is 10. The number of sulfonamides is 1. The van der Waals surface area contributed by atoms with E-state index in [1.807, 2.05) is 6.92 Å². The average Bonchev–Trinajstić information content (AvgIpc) is 3.13. The second-order valence-corrected chi connectivity index (χ2v) is 9.64. The standard InChI is InChI=1S/C20H24FN7O5S/c1-4-32-19-17-15(5-6-22-19)18-25-26-20(28(18)14(10-31-3)11-33-17)27-34(29,30)12(2)7-16-23-8-13(21)9-24-16/h5-6,8-9,12,14H,4,7,10-11H2,1-3H3,(H,26,27)/t12?,14-/m1/s1. The Hall–Kier alpha value is -3.39. The van der Waals surface area contributed by atoms with Crippen LogP contribution in [0.15, 0.2) is 24.7 Å². The van der Waals surface area contributed by atoms with Gasteiger partial charge >= 0.3 is 0 Å². The van der Waals surface area contributed by atoms with Gasteiger partial charge in [0.05, 0.1) is 42.5 Å². The molecular formula is C20H24FN7O5S. The van der Waals surface area contributed by atoms with Crippen LogP contribution in [0.4, 0.5) is 10.3 Å². The van der Waals surface area contributed by atoms with Gasteiger partial charge in [0.15, 0.2) is 17.4 Å². The minimum atomic E-state index is -3.94. The molecular weight excluding hydrogens is 469 g/mol. The lowest BCUT2D eigenvalue weighted by molar-refractivity contribution is 0.124. The molecule has 0 amide bonds. The molecule has 14 heteroatoms. The highest BCUT2D eigenvalue weighted by molar-refractivity contribution is 7.93. The van der Waals surface area contributed by atoms with Gasteiger partial charge < -0.3 is 14.2 Å². The van der Waals surface area contributed by atoms with Crippen molar-refractivity contribution in [3.8, 4) is 23.0 Å². The molecule has 1 unspecified atom stereocenters. The molecule has 0 saturated heterocycles. The molecule has 0 fully saturated rings. The molecule has 0 saturated carbocycles. The van der Waals surface area contributed by atoms with E-state index < -0.39 is 27.1 Å². The average molecular weight is 494 g/mol. The number of methoxy groups -OCH3 is 1. The van der Waals surface area contributed by atoms with E-state index >= 15 is 0 Å². The number of anilines is 1. The molecule has 1 aliphatic rings. The Morgan fingerprint density at radius 3 is 2.76 bits per heavy atom. The molecule has 1 N–H and O–H groups in total. The maximum absolute atomic E-state index is 13.1. The normalized spacial score (nSPS) is 16.1.